The number of nitrogens with zero attached hydrogens (tertiary/aromatic N) is 1. The summed E-state index contributed by atoms with van der Waals surface area (Å²) in [6, 6.07) is 11.4. The Morgan fingerprint density at radius 2 is 2.04 bits per heavy atom. The topological polar surface area (TPSA) is 49.4 Å². The molecule has 0 fully saturated rings. The van der Waals surface area contributed by atoms with Crippen LogP contribution >= 0.6 is 22.9 Å². The van der Waals surface area contributed by atoms with E-state index < -0.39 is 10.0 Å². The van der Waals surface area contributed by atoms with Gasteiger partial charge in [-0.15, -0.1) is 11.3 Å². The second-order valence-corrected chi connectivity index (χ2v) is 8.94. The Labute approximate surface area is 147 Å². The molecule has 1 aromatic heterocycles. The predicted octanol–water partition coefficient (Wildman–Crippen LogP) is 3.90. The number of thiophene rings is 1. The van der Waals surface area contributed by atoms with Crippen LogP contribution in [0.1, 0.15) is 18.9 Å². The minimum absolute atomic E-state index is 0.258. The molecule has 4 nitrogen and oxygen atoms in total. The lowest BCUT2D eigenvalue weighted by molar-refractivity contribution is 0.580. The summed E-state index contributed by atoms with van der Waals surface area (Å²) in [5.74, 6) is 0. The van der Waals surface area contributed by atoms with Gasteiger partial charge in [0.05, 0.1) is 4.34 Å². The van der Waals surface area contributed by atoms with E-state index in [2.05, 4.69) is 41.7 Å². The molecule has 0 amide bonds. The van der Waals surface area contributed by atoms with Gasteiger partial charge in [0.15, 0.2) is 0 Å². The zero-order valence-electron chi connectivity index (χ0n) is 13.3. The van der Waals surface area contributed by atoms with Crippen molar-refractivity contribution in [3.63, 3.8) is 0 Å². The molecule has 0 aliphatic carbocycles. The van der Waals surface area contributed by atoms with Crippen LogP contribution in [0.25, 0.3) is 0 Å². The molecule has 0 bridgehead atoms. The van der Waals surface area contributed by atoms with Crippen LogP contribution in [0.4, 0.5) is 5.69 Å². The maximum atomic E-state index is 12.1. The quantitative estimate of drug-likeness (QED) is 0.715. The summed E-state index contributed by atoms with van der Waals surface area (Å²) < 4.78 is 27.6. The van der Waals surface area contributed by atoms with Crippen molar-refractivity contribution in [2.24, 2.45) is 0 Å². The summed E-state index contributed by atoms with van der Waals surface area (Å²) in [6.07, 6.45) is 0.736. The largest absolute Gasteiger partial charge is 0.372 e. The predicted molar refractivity (Wildman–Crippen MR) is 98.2 cm³/mol. The van der Waals surface area contributed by atoms with Crippen LogP contribution in [-0.4, -0.2) is 28.1 Å². The highest BCUT2D eigenvalue weighted by Gasteiger charge is 2.16. The fraction of sp³-hybridized carbons (Fsp3) is 0.375. The molecule has 1 aromatic carbocycles. The highest BCUT2D eigenvalue weighted by atomic mass is 35.5. The summed E-state index contributed by atoms with van der Waals surface area (Å²) in [5, 5.41) is 0. The molecule has 7 heteroatoms. The van der Waals surface area contributed by atoms with Gasteiger partial charge in [-0.2, -0.15) is 0 Å². The number of aryl methyl sites for hydroxylation is 1. The van der Waals surface area contributed by atoms with Gasteiger partial charge in [-0.3, -0.25) is 0 Å². The molecule has 1 N–H and O–H groups in total. The first-order valence-corrected chi connectivity index (χ1v) is 10.2. The first kappa shape index (κ1) is 18.3. The van der Waals surface area contributed by atoms with Crippen LogP contribution < -0.4 is 9.62 Å². The van der Waals surface area contributed by atoms with E-state index in [4.69, 9.17) is 11.6 Å². The van der Waals surface area contributed by atoms with Crippen LogP contribution in [0.15, 0.2) is 40.6 Å². The third-order valence-corrected chi connectivity index (χ3v) is 6.64. The van der Waals surface area contributed by atoms with Crippen molar-refractivity contribution in [1.29, 1.82) is 0 Å². The number of hydrogen-bond donors (Lipinski definition) is 1. The molecule has 0 saturated carbocycles. The molecule has 0 unspecified atom stereocenters. The Kier molecular flexibility index (Phi) is 6.47. The lowest BCUT2D eigenvalue weighted by Gasteiger charge is -2.23. The fourth-order valence-electron chi connectivity index (χ4n) is 2.28. The third-order valence-electron chi connectivity index (χ3n) is 3.46. The summed E-state index contributed by atoms with van der Waals surface area (Å²) in [4.78, 5) is 2.24. The number of anilines is 1. The molecule has 0 aliphatic rings. The number of rotatable bonds is 8. The van der Waals surface area contributed by atoms with Crippen molar-refractivity contribution in [1.82, 2.24) is 4.72 Å². The number of benzene rings is 1. The van der Waals surface area contributed by atoms with Gasteiger partial charge in [0.25, 0.3) is 0 Å². The van der Waals surface area contributed by atoms with E-state index in [1.54, 1.807) is 6.07 Å². The molecule has 0 radical (unpaired) electrons. The molecule has 2 rings (SSSR count). The van der Waals surface area contributed by atoms with Gasteiger partial charge >= 0.3 is 0 Å². The van der Waals surface area contributed by atoms with Crippen molar-refractivity contribution in [2.75, 3.05) is 24.5 Å². The first-order chi connectivity index (χ1) is 10.9. The van der Waals surface area contributed by atoms with Crippen molar-refractivity contribution in [2.45, 2.75) is 24.5 Å². The summed E-state index contributed by atoms with van der Waals surface area (Å²) in [6.45, 7) is 6.25. The van der Waals surface area contributed by atoms with Crippen LogP contribution in [0, 0.1) is 6.92 Å². The maximum Gasteiger partial charge on any atom is 0.250 e. The standard InChI is InChI=1S/C16H21ClN2O2S2/c1-3-19(14-7-4-6-13(2)12-14)11-5-10-18-23(20,21)16-9-8-15(17)22-16/h4,6-9,12,18H,3,5,10-11H2,1-2H3. The molecule has 0 spiro atoms. The zero-order chi connectivity index (χ0) is 16.9. The van der Waals surface area contributed by atoms with Gasteiger partial charge < -0.3 is 4.90 Å². The minimum Gasteiger partial charge on any atom is -0.372 e. The summed E-state index contributed by atoms with van der Waals surface area (Å²) >= 11 is 6.85. The molecule has 0 atom stereocenters. The van der Waals surface area contributed by atoms with Gasteiger partial charge in [0.1, 0.15) is 4.21 Å². The Bertz CT molecular complexity index is 744. The third kappa shape index (κ3) is 5.21. The first-order valence-electron chi connectivity index (χ1n) is 7.49. The molecule has 0 saturated heterocycles. The number of halogens is 1. The van der Waals surface area contributed by atoms with Gasteiger partial charge in [0, 0.05) is 25.3 Å². The second-order valence-electron chi connectivity index (χ2n) is 5.23. The van der Waals surface area contributed by atoms with E-state index in [-0.39, 0.29) is 4.21 Å². The fourth-order valence-corrected chi connectivity index (χ4v) is 4.89. The van der Waals surface area contributed by atoms with Crippen molar-refractivity contribution in [3.8, 4) is 0 Å². The summed E-state index contributed by atoms with van der Waals surface area (Å²) in [7, 11) is -3.45. The van der Waals surface area contributed by atoms with E-state index in [9.17, 15) is 8.42 Å². The van der Waals surface area contributed by atoms with E-state index in [0.29, 0.717) is 10.9 Å². The monoisotopic (exact) mass is 372 g/mol. The van der Waals surface area contributed by atoms with Crippen molar-refractivity contribution >= 4 is 38.6 Å². The van der Waals surface area contributed by atoms with Crippen molar-refractivity contribution in [3.05, 3.63) is 46.3 Å². The van der Waals surface area contributed by atoms with Gasteiger partial charge in [0.2, 0.25) is 10.0 Å². The van der Waals surface area contributed by atoms with Crippen LogP contribution in [0.5, 0.6) is 0 Å². The Morgan fingerprint density at radius 3 is 2.65 bits per heavy atom. The van der Waals surface area contributed by atoms with Crippen LogP contribution in [-0.2, 0) is 10.0 Å². The van der Waals surface area contributed by atoms with Crippen LogP contribution in [0.3, 0.4) is 0 Å². The molecule has 23 heavy (non-hydrogen) atoms. The maximum absolute atomic E-state index is 12.1. The number of sulfonamides is 1. The highest BCUT2D eigenvalue weighted by Crippen LogP contribution is 2.25. The summed E-state index contributed by atoms with van der Waals surface area (Å²) in [5.41, 5.74) is 2.39. The molecule has 2 aromatic rings. The van der Waals surface area contributed by atoms with E-state index in [0.717, 1.165) is 30.8 Å². The lowest BCUT2D eigenvalue weighted by Crippen LogP contribution is -2.29. The van der Waals surface area contributed by atoms with Gasteiger partial charge in [-0.1, -0.05) is 23.7 Å². The zero-order valence-corrected chi connectivity index (χ0v) is 15.6. The molecular formula is C16H21ClN2O2S2. The highest BCUT2D eigenvalue weighted by molar-refractivity contribution is 7.91. The van der Waals surface area contributed by atoms with Gasteiger partial charge in [-0.05, 0) is 50.1 Å². The number of hydrogen-bond acceptors (Lipinski definition) is 4. The average molecular weight is 373 g/mol. The second kappa shape index (κ2) is 8.15. The van der Waals surface area contributed by atoms with Crippen molar-refractivity contribution < 1.29 is 8.42 Å². The normalized spacial score (nSPS) is 11.6. The molecule has 0 aliphatic heterocycles. The smallest absolute Gasteiger partial charge is 0.250 e. The molecular weight excluding hydrogens is 352 g/mol. The SMILES string of the molecule is CCN(CCCNS(=O)(=O)c1ccc(Cl)s1)c1cccc(C)c1. The lowest BCUT2D eigenvalue weighted by atomic mass is 10.2. The van der Waals surface area contributed by atoms with E-state index in [1.165, 1.54) is 17.3 Å². The number of nitrogens with one attached hydrogen (secondary N) is 1. The Balaban J connectivity index is 1.86. The Hall–Kier alpha value is -1.08. The minimum atomic E-state index is -3.45. The molecule has 126 valence electrons. The average Bonchev–Trinajstić information content (AvgIpc) is 2.95. The molecule has 1 heterocycles. The van der Waals surface area contributed by atoms with E-state index >= 15 is 0 Å². The van der Waals surface area contributed by atoms with E-state index in [1.807, 2.05) is 6.07 Å². The van der Waals surface area contributed by atoms with Crippen LogP contribution in [0.2, 0.25) is 4.34 Å². The van der Waals surface area contributed by atoms with Gasteiger partial charge in [-0.25, -0.2) is 13.1 Å². The Morgan fingerprint density at radius 1 is 1.26 bits per heavy atom.